The Labute approximate surface area is 62.9 Å². The maximum absolute atomic E-state index is 10.4. The smallest absolute Gasteiger partial charge is 0.481 e. The monoisotopic (exact) mass is 160 g/mol. The lowest BCUT2D eigenvalue weighted by molar-refractivity contribution is -0.152. The molecule has 0 saturated carbocycles. The molecule has 0 aromatic heterocycles. The molecule has 5 heteroatoms. The summed E-state index contributed by atoms with van der Waals surface area (Å²) in [5.41, 5.74) is 0. The van der Waals surface area contributed by atoms with E-state index in [-0.39, 0.29) is 6.61 Å². The van der Waals surface area contributed by atoms with Gasteiger partial charge in [-0.15, -0.1) is 0 Å². The number of hydrogen-bond donors (Lipinski definition) is 1. The minimum Gasteiger partial charge on any atom is -0.481 e. The van der Waals surface area contributed by atoms with E-state index in [2.05, 4.69) is 9.47 Å². The van der Waals surface area contributed by atoms with E-state index in [9.17, 15) is 9.59 Å². The molecule has 1 saturated heterocycles. The van der Waals surface area contributed by atoms with Crippen LogP contribution >= 0.6 is 0 Å². The van der Waals surface area contributed by atoms with Crippen molar-refractivity contribution in [3.05, 3.63) is 0 Å². The highest BCUT2D eigenvalue weighted by Gasteiger charge is 2.33. The lowest BCUT2D eigenvalue weighted by Crippen LogP contribution is -2.39. The number of carboxylic acids is 1. The molecule has 11 heavy (non-hydrogen) atoms. The minimum absolute atomic E-state index is 0.102. The van der Waals surface area contributed by atoms with Crippen molar-refractivity contribution in [1.29, 1.82) is 0 Å². The summed E-state index contributed by atoms with van der Waals surface area (Å²) in [5, 5.41) is 8.52. The SMILES string of the molecule is CC1OC(=O)OCC1C(=O)O. The summed E-state index contributed by atoms with van der Waals surface area (Å²) in [7, 11) is 0. The molecule has 1 fully saturated rings. The molecule has 0 radical (unpaired) electrons. The van der Waals surface area contributed by atoms with Gasteiger partial charge in [0.1, 0.15) is 18.6 Å². The third kappa shape index (κ3) is 1.60. The standard InChI is InChI=1S/C6H8O5/c1-3-4(5(7)8)2-10-6(9)11-3/h3-4H,2H2,1H3,(H,7,8). The molecule has 0 spiro atoms. The third-order valence-electron chi connectivity index (χ3n) is 1.55. The molecule has 1 rings (SSSR count). The van der Waals surface area contributed by atoms with Crippen LogP contribution in [0.3, 0.4) is 0 Å². The van der Waals surface area contributed by atoms with Crippen LogP contribution in [0.1, 0.15) is 6.92 Å². The highest BCUT2D eigenvalue weighted by atomic mass is 16.7. The summed E-state index contributed by atoms with van der Waals surface area (Å²) < 4.78 is 8.90. The number of aliphatic carboxylic acids is 1. The molecule has 0 aromatic carbocycles. The van der Waals surface area contributed by atoms with E-state index in [4.69, 9.17) is 5.11 Å². The Morgan fingerprint density at radius 3 is 2.82 bits per heavy atom. The summed E-state index contributed by atoms with van der Waals surface area (Å²) in [4.78, 5) is 20.8. The van der Waals surface area contributed by atoms with Crippen molar-refractivity contribution in [1.82, 2.24) is 0 Å². The van der Waals surface area contributed by atoms with Crippen LogP contribution in [0, 0.1) is 5.92 Å². The summed E-state index contributed by atoms with van der Waals surface area (Å²) in [6, 6.07) is 0. The first kappa shape index (κ1) is 7.84. The van der Waals surface area contributed by atoms with Crippen molar-refractivity contribution in [2.75, 3.05) is 6.61 Å². The Kier molecular flexibility index (Phi) is 1.98. The molecule has 2 unspecified atom stereocenters. The van der Waals surface area contributed by atoms with Crippen LogP contribution < -0.4 is 0 Å². The number of rotatable bonds is 1. The van der Waals surface area contributed by atoms with E-state index in [1.165, 1.54) is 6.92 Å². The molecule has 0 bridgehead atoms. The van der Waals surface area contributed by atoms with Crippen molar-refractivity contribution in [2.45, 2.75) is 13.0 Å². The van der Waals surface area contributed by atoms with E-state index < -0.39 is 24.1 Å². The van der Waals surface area contributed by atoms with Gasteiger partial charge < -0.3 is 14.6 Å². The first-order valence-electron chi connectivity index (χ1n) is 3.17. The largest absolute Gasteiger partial charge is 0.508 e. The second-order valence-electron chi connectivity index (χ2n) is 2.33. The molecule has 1 N–H and O–H groups in total. The van der Waals surface area contributed by atoms with Crippen molar-refractivity contribution < 1.29 is 24.2 Å². The van der Waals surface area contributed by atoms with Gasteiger partial charge in [-0.25, -0.2) is 4.79 Å². The summed E-state index contributed by atoms with van der Waals surface area (Å²) in [5.74, 6) is -1.75. The fourth-order valence-electron chi connectivity index (χ4n) is 0.833. The highest BCUT2D eigenvalue weighted by Crippen LogP contribution is 2.15. The Bertz CT molecular complexity index is 187. The molecular weight excluding hydrogens is 152 g/mol. The molecule has 1 heterocycles. The van der Waals surface area contributed by atoms with Crippen molar-refractivity contribution in [2.24, 2.45) is 5.92 Å². The van der Waals surface area contributed by atoms with Gasteiger partial charge in [0, 0.05) is 0 Å². The molecule has 1 aliphatic heterocycles. The predicted octanol–water partition coefficient (Wildman–Crippen LogP) is 0.242. The lowest BCUT2D eigenvalue weighted by atomic mass is 10.1. The number of carbonyl (C=O) groups is 2. The lowest BCUT2D eigenvalue weighted by Gasteiger charge is -2.24. The van der Waals surface area contributed by atoms with Gasteiger partial charge in [0.15, 0.2) is 0 Å². The van der Waals surface area contributed by atoms with Gasteiger partial charge in [-0.2, -0.15) is 0 Å². The van der Waals surface area contributed by atoms with Gasteiger partial charge in [0.25, 0.3) is 0 Å². The fraction of sp³-hybridized carbons (Fsp3) is 0.667. The normalized spacial score (nSPS) is 30.5. The number of ether oxygens (including phenoxy) is 2. The van der Waals surface area contributed by atoms with Crippen LogP contribution in [-0.4, -0.2) is 29.9 Å². The van der Waals surface area contributed by atoms with Crippen LogP contribution in [0.25, 0.3) is 0 Å². The van der Waals surface area contributed by atoms with Crippen molar-refractivity contribution in [3.8, 4) is 0 Å². The van der Waals surface area contributed by atoms with E-state index in [1.54, 1.807) is 0 Å². The topological polar surface area (TPSA) is 72.8 Å². The van der Waals surface area contributed by atoms with Gasteiger partial charge in [0.2, 0.25) is 0 Å². The molecule has 0 amide bonds. The minimum atomic E-state index is -1.01. The van der Waals surface area contributed by atoms with Crippen LogP contribution in [0.2, 0.25) is 0 Å². The van der Waals surface area contributed by atoms with E-state index in [1.807, 2.05) is 0 Å². The van der Waals surface area contributed by atoms with E-state index in [0.717, 1.165) is 0 Å². The summed E-state index contributed by atoms with van der Waals surface area (Å²) in [6.45, 7) is 1.43. The molecule has 5 nitrogen and oxygen atoms in total. The van der Waals surface area contributed by atoms with Crippen LogP contribution in [-0.2, 0) is 14.3 Å². The highest BCUT2D eigenvalue weighted by molar-refractivity contribution is 5.73. The third-order valence-corrected chi connectivity index (χ3v) is 1.55. The Balaban J connectivity index is 2.57. The van der Waals surface area contributed by atoms with E-state index >= 15 is 0 Å². The first-order chi connectivity index (χ1) is 5.11. The maximum Gasteiger partial charge on any atom is 0.508 e. The van der Waals surface area contributed by atoms with Gasteiger partial charge in [-0.05, 0) is 6.92 Å². The first-order valence-corrected chi connectivity index (χ1v) is 3.17. The molecule has 1 aliphatic rings. The Morgan fingerprint density at radius 1 is 1.73 bits per heavy atom. The quantitative estimate of drug-likeness (QED) is 0.556. The molecule has 62 valence electrons. The molecule has 0 aliphatic carbocycles. The van der Waals surface area contributed by atoms with Crippen LogP contribution in [0.15, 0.2) is 0 Å². The second kappa shape index (κ2) is 2.77. The number of hydrogen-bond acceptors (Lipinski definition) is 4. The maximum atomic E-state index is 10.4. The van der Waals surface area contributed by atoms with Gasteiger partial charge in [-0.3, -0.25) is 4.79 Å². The zero-order chi connectivity index (χ0) is 8.43. The molecule has 0 aromatic rings. The zero-order valence-electron chi connectivity index (χ0n) is 5.94. The average Bonchev–Trinajstić information content (AvgIpc) is 1.85. The van der Waals surface area contributed by atoms with Crippen molar-refractivity contribution >= 4 is 12.1 Å². The van der Waals surface area contributed by atoms with E-state index in [0.29, 0.717) is 0 Å². The molecule has 2 atom stereocenters. The Morgan fingerprint density at radius 2 is 2.36 bits per heavy atom. The molecular formula is C6H8O5. The van der Waals surface area contributed by atoms with Crippen LogP contribution in [0.5, 0.6) is 0 Å². The predicted molar refractivity (Wildman–Crippen MR) is 33.0 cm³/mol. The summed E-state index contributed by atoms with van der Waals surface area (Å²) >= 11 is 0. The van der Waals surface area contributed by atoms with Crippen molar-refractivity contribution in [3.63, 3.8) is 0 Å². The number of carboxylic acid groups (broad SMARTS) is 1. The fourth-order valence-corrected chi connectivity index (χ4v) is 0.833. The second-order valence-corrected chi connectivity index (χ2v) is 2.33. The zero-order valence-corrected chi connectivity index (χ0v) is 5.94. The van der Waals surface area contributed by atoms with Gasteiger partial charge in [-0.1, -0.05) is 0 Å². The number of cyclic esters (lactones) is 2. The Hall–Kier alpha value is -1.26. The average molecular weight is 160 g/mol. The van der Waals surface area contributed by atoms with Gasteiger partial charge in [0.05, 0.1) is 0 Å². The van der Waals surface area contributed by atoms with Crippen LogP contribution in [0.4, 0.5) is 4.79 Å². The van der Waals surface area contributed by atoms with Gasteiger partial charge >= 0.3 is 12.1 Å². The summed E-state index contributed by atoms with van der Waals surface area (Å²) in [6.07, 6.45) is -1.40. The number of carbonyl (C=O) groups excluding carboxylic acids is 1.